The van der Waals surface area contributed by atoms with E-state index in [4.69, 9.17) is 14.6 Å². The number of methoxy groups -OCH3 is 1. The lowest BCUT2D eigenvalue weighted by Crippen LogP contribution is -2.27. The molecule has 2 aromatic heterocycles. The van der Waals surface area contributed by atoms with E-state index in [0.29, 0.717) is 29.5 Å². The van der Waals surface area contributed by atoms with Crippen molar-refractivity contribution in [1.82, 2.24) is 14.3 Å². The maximum atomic E-state index is 13.1. The van der Waals surface area contributed by atoms with Crippen LogP contribution in [0.25, 0.3) is 0 Å². The molecular weight excluding hydrogens is 428 g/mol. The molecule has 0 saturated carbocycles. The predicted octanol–water partition coefficient (Wildman–Crippen LogP) is 2.77. The minimum atomic E-state index is -0.942. The Morgan fingerprint density at radius 2 is 1.85 bits per heavy atom. The molecule has 3 aromatic rings. The van der Waals surface area contributed by atoms with Gasteiger partial charge in [0.15, 0.2) is 11.7 Å². The van der Waals surface area contributed by atoms with Crippen LogP contribution in [0.1, 0.15) is 26.3 Å². The number of anilines is 1. The van der Waals surface area contributed by atoms with E-state index in [1.165, 1.54) is 15.3 Å². The van der Waals surface area contributed by atoms with Crippen LogP contribution in [0.15, 0.2) is 48.8 Å². The second-order valence-electron chi connectivity index (χ2n) is 8.11. The molecule has 33 heavy (non-hydrogen) atoms. The van der Waals surface area contributed by atoms with E-state index < -0.39 is 12.1 Å². The van der Waals surface area contributed by atoms with Gasteiger partial charge in [0, 0.05) is 18.3 Å². The number of hydrogen-bond donors (Lipinski definition) is 4. The average molecular weight is 459 g/mol. The molecule has 0 aliphatic heterocycles. The third-order valence-electron chi connectivity index (χ3n) is 4.93. The summed E-state index contributed by atoms with van der Waals surface area (Å²) in [6, 6.07) is 9.37. The predicted molar refractivity (Wildman–Crippen MR) is 122 cm³/mol. The number of nitrogens with one attached hydrogen (secondary N) is 1. The van der Waals surface area contributed by atoms with Gasteiger partial charge in [-0.1, -0.05) is 13.8 Å². The Kier molecular flexibility index (Phi) is 7.96. The third-order valence-corrected chi connectivity index (χ3v) is 4.93. The molecule has 0 aliphatic rings. The van der Waals surface area contributed by atoms with Crippen LogP contribution in [-0.4, -0.2) is 55.4 Å². The molecule has 3 rings (SSSR count). The zero-order valence-electron chi connectivity index (χ0n) is 18.9. The Morgan fingerprint density at radius 1 is 1.15 bits per heavy atom. The first-order valence-corrected chi connectivity index (χ1v) is 10.6. The van der Waals surface area contributed by atoms with Gasteiger partial charge in [-0.2, -0.15) is 5.10 Å². The fourth-order valence-electron chi connectivity index (χ4n) is 3.33. The van der Waals surface area contributed by atoms with Crippen LogP contribution in [0.2, 0.25) is 0 Å². The van der Waals surface area contributed by atoms with Crippen molar-refractivity contribution in [3.8, 4) is 23.1 Å². The van der Waals surface area contributed by atoms with E-state index in [0.717, 1.165) is 0 Å². The van der Waals surface area contributed by atoms with Crippen LogP contribution in [0, 0.1) is 5.92 Å². The van der Waals surface area contributed by atoms with Crippen LogP contribution < -0.4 is 14.8 Å². The number of aliphatic hydroxyl groups excluding tert-OH is 2. The molecule has 1 aromatic carbocycles. The molecule has 0 radical (unpaired) electrons. The van der Waals surface area contributed by atoms with E-state index in [9.17, 15) is 15.0 Å². The normalized spacial score (nSPS) is 13.0. The molecule has 10 nitrogen and oxygen atoms in total. The van der Waals surface area contributed by atoms with Crippen molar-refractivity contribution >= 4 is 11.7 Å². The van der Waals surface area contributed by atoms with E-state index in [-0.39, 0.29) is 30.9 Å². The van der Waals surface area contributed by atoms with Gasteiger partial charge in [0.2, 0.25) is 5.91 Å². The lowest BCUT2D eigenvalue weighted by atomic mass is 10.0. The Bertz CT molecular complexity index is 1040. The summed E-state index contributed by atoms with van der Waals surface area (Å²) >= 11 is 0. The maximum absolute atomic E-state index is 13.1. The Balaban J connectivity index is 1.75. The number of aliphatic hydroxyl groups is 2. The highest BCUT2D eigenvalue weighted by Gasteiger charge is 2.25. The van der Waals surface area contributed by atoms with E-state index in [1.807, 2.05) is 13.8 Å². The number of carbonyl (C=O) groups is 1. The Labute approximate surface area is 192 Å². The molecule has 0 saturated heterocycles. The van der Waals surface area contributed by atoms with Crippen molar-refractivity contribution in [1.29, 1.82) is 0 Å². The summed E-state index contributed by atoms with van der Waals surface area (Å²) in [6.07, 6.45) is 2.71. The lowest BCUT2D eigenvalue weighted by molar-refractivity contribution is -0.119. The molecule has 0 bridgehead atoms. The minimum Gasteiger partial charge on any atom is -0.497 e. The van der Waals surface area contributed by atoms with Gasteiger partial charge < -0.3 is 34.7 Å². The molecule has 0 spiro atoms. The van der Waals surface area contributed by atoms with Gasteiger partial charge in [0.25, 0.3) is 0 Å². The largest absolute Gasteiger partial charge is 0.497 e. The second kappa shape index (κ2) is 10.9. The van der Waals surface area contributed by atoms with Gasteiger partial charge in [-0.05, 0) is 36.6 Å². The minimum absolute atomic E-state index is 0.101. The highest BCUT2D eigenvalue weighted by atomic mass is 16.5. The topological polar surface area (TPSA) is 131 Å². The summed E-state index contributed by atoms with van der Waals surface area (Å²) in [4.78, 5) is 13.1. The number of benzene rings is 1. The van der Waals surface area contributed by atoms with Crippen LogP contribution in [0.5, 0.6) is 23.1 Å². The number of nitrogens with zero attached hydrogens (tertiary/aromatic N) is 3. The number of rotatable bonds is 11. The van der Waals surface area contributed by atoms with E-state index in [2.05, 4.69) is 10.4 Å². The highest BCUT2D eigenvalue weighted by molar-refractivity contribution is 5.93. The van der Waals surface area contributed by atoms with Crippen molar-refractivity contribution in [2.45, 2.75) is 39.0 Å². The fourth-order valence-corrected chi connectivity index (χ4v) is 3.33. The SMILES string of the molecule is COc1ccc(Oc2cc(O)n([C@@H](CC(C)C)C(=O)Nc3ccn(C[C@@H](O)CO)n3)c2)cc1. The van der Waals surface area contributed by atoms with E-state index >= 15 is 0 Å². The highest BCUT2D eigenvalue weighted by Crippen LogP contribution is 2.33. The van der Waals surface area contributed by atoms with Crippen molar-refractivity contribution in [3.63, 3.8) is 0 Å². The Hall–Kier alpha value is -3.50. The summed E-state index contributed by atoms with van der Waals surface area (Å²) in [7, 11) is 1.58. The van der Waals surface area contributed by atoms with Crippen LogP contribution in [0.4, 0.5) is 5.82 Å². The standard InChI is InChI=1S/C23H30N4O6/c1-15(2)10-20(23(31)24-21-8-9-26(25-21)12-16(29)14-28)27-13-19(11-22(27)30)33-18-6-4-17(32-3)5-7-18/h4-9,11,13,15-16,20,28-30H,10,12,14H2,1-3H3,(H,24,25,31)/t16-,20+/m1/s1. The molecule has 2 atom stereocenters. The van der Waals surface area contributed by atoms with Gasteiger partial charge in [-0.3, -0.25) is 9.48 Å². The smallest absolute Gasteiger partial charge is 0.248 e. The van der Waals surface area contributed by atoms with Crippen LogP contribution in [-0.2, 0) is 11.3 Å². The van der Waals surface area contributed by atoms with Crippen LogP contribution in [0.3, 0.4) is 0 Å². The summed E-state index contributed by atoms with van der Waals surface area (Å²) < 4.78 is 13.9. The molecule has 0 aliphatic carbocycles. The molecule has 0 fully saturated rings. The van der Waals surface area contributed by atoms with Crippen molar-refractivity contribution < 1.29 is 29.6 Å². The molecular formula is C23H30N4O6. The third kappa shape index (κ3) is 6.50. The van der Waals surface area contributed by atoms with Crippen molar-refractivity contribution in [2.75, 3.05) is 19.0 Å². The molecule has 0 unspecified atom stereocenters. The number of aromatic nitrogens is 3. The number of ether oxygens (including phenoxy) is 2. The maximum Gasteiger partial charge on any atom is 0.248 e. The molecule has 2 heterocycles. The van der Waals surface area contributed by atoms with Gasteiger partial charge in [-0.25, -0.2) is 0 Å². The molecule has 10 heteroatoms. The zero-order chi connectivity index (χ0) is 24.0. The fraction of sp³-hybridized carbons (Fsp3) is 0.391. The summed E-state index contributed by atoms with van der Waals surface area (Å²) in [5, 5.41) is 36.0. The number of carbonyl (C=O) groups excluding carboxylic acids is 1. The lowest BCUT2D eigenvalue weighted by Gasteiger charge is -2.20. The van der Waals surface area contributed by atoms with Crippen molar-refractivity contribution in [3.05, 3.63) is 48.8 Å². The molecule has 178 valence electrons. The van der Waals surface area contributed by atoms with Crippen LogP contribution >= 0.6 is 0 Å². The van der Waals surface area contributed by atoms with Gasteiger partial charge in [0.1, 0.15) is 23.3 Å². The monoisotopic (exact) mass is 458 g/mol. The summed E-state index contributed by atoms with van der Waals surface area (Å²) in [5.41, 5.74) is 0. The summed E-state index contributed by atoms with van der Waals surface area (Å²) in [5.74, 6) is 1.68. The van der Waals surface area contributed by atoms with Gasteiger partial charge in [-0.15, -0.1) is 0 Å². The van der Waals surface area contributed by atoms with E-state index in [1.54, 1.807) is 49.8 Å². The first-order valence-electron chi connectivity index (χ1n) is 10.6. The van der Waals surface area contributed by atoms with Crippen molar-refractivity contribution in [2.24, 2.45) is 5.92 Å². The molecule has 1 amide bonds. The van der Waals surface area contributed by atoms with Gasteiger partial charge >= 0.3 is 0 Å². The van der Waals surface area contributed by atoms with Gasteiger partial charge in [0.05, 0.1) is 32.6 Å². The number of aromatic hydroxyl groups is 1. The summed E-state index contributed by atoms with van der Waals surface area (Å²) in [6.45, 7) is 3.69. The first-order chi connectivity index (χ1) is 15.8. The first kappa shape index (κ1) is 24.1. The number of amides is 1. The zero-order valence-corrected chi connectivity index (χ0v) is 18.9. The molecule has 4 N–H and O–H groups in total. The Morgan fingerprint density at radius 3 is 2.48 bits per heavy atom. The number of hydrogen-bond acceptors (Lipinski definition) is 7. The quantitative estimate of drug-likeness (QED) is 0.347. The average Bonchev–Trinajstić information content (AvgIpc) is 3.37. The second-order valence-corrected chi connectivity index (χ2v) is 8.11.